The number of pyridine rings is 1. The Bertz CT molecular complexity index is 579. The van der Waals surface area contributed by atoms with Crippen LogP contribution in [0.1, 0.15) is 24.2 Å². The molecule has 2 aromatic rings. The standard InChI is InChI=1S/C11H12ClF3N4/c12-8-5-7(11(13,14)15)6-19-9(3-1-2-4-16)17-18-10(8)19/h5-6H,1-4,16H2. The Balaban J connectivity index is 2.42. The highest BCUT2D eigenvalue weighted by Gasteiger charge is 2.32. The van der Waals surface area contributed by atoms with Crippen LogP contribution in [0.3, 0.4) is 0 Å². The third-order valence-corrected chi connectivity index (χ3v) is 2.99. The number of fused-ring (bicyclic) bond motifs is 1. The highest BCUT2D eigenvalue weighted by atomic mass is 35.5. The first-order valence-electron chi connectivity index (χ1n) is 5.74. The zero-order chi connectivity index (χ0) is 14.0. The number of aryl methyl sites for hydroxylation is 1. The molecule has 19 heavy (non-hydrogen) atoms. The van der Waals surface area contributed by atoms with Crippen LogP contribution in [0.2, 0.25) is 5.02 Å². The first kappa shape index (κ1) is 14.1. The summed E-state index contributed by atoms with van der Waals surface area (Å²) >= 11 is 5.80. The molecule has 8 heteroatoms. The number of hydrogen-bond acceptors (Lipinski definition) is 3. The Hall–Kier alpha value is -1.34. The molecule has 0 aliphatic rings. The highest BCUT2D eigenvalue weighted by Crippen LogP contribution is 2.32. The molecule has 0 spiro atoms. The van der Waals surface area contributed by atoms with E-state index in [9.17, 15) is 13.2 Å². The lowest BCUT2D eigenvalue weighted by molar-refractivity contribution is -0.137. The summed E-state index contributed by atoms with van der Waals surface area (Å²) in [7, 11) is 0. The van der Waals surface area contributed by atoms with Crippen LogP contribution in [-0.2, 0) is 12.6 Å². The Kier molecular flexibility index (Phi) is 3.96. The van der Waals surface area contributed by atoms with E-state index >= 15 is 0 Å². The Morgan fingerprint density at radius 3 is 2.63 bits per heavy atom. The molecule has 0 amide bonds. The maximum Gasteiger partial charge on any atom is 0.417 e. The molecule has 0 bridgehead atoms. The molecule has 2 rings (SSSR count). The largest absolute Gasteiger partial charge is 0.417 e. The molecule has 0 saturated heterocycles. The van der Waals surface area contributed by atoms with E-state index in [-0.39, 0.29) is 10.7 Å². The zero-order valence-electron chi connectivity index (χ0n) is 9.91. The van der Waals surface area contributed by atoms with Crippen molar-refractivity contribution >= 4 is 17.2 Å². The van der Waals surface area contributed by atoms with Gasteiger partial charge in [0.15, 0.2) is 5.65 Å². The van der Waals surface area contributed by atoms with E-state index in [1.54, 1.807) is 0 Å². The smallest absolute Gasteiger partial charge is 0.330 e. The first-order chi connectivity index (χ1) is 8.93. The van der Waals surface area contributed by atoms with Crippen LogP contribution in [0.4, 0.5) is 13.2 Å². The predicted octanol–water partition coefficient (Wildman–Crippen LogP) is 2.68. The van der Waals surface area contributed by atoms with Crippen LogP contribution in [0.15, 0.2) is 12.3 Å². The average Bonchev–Trinajstić information content (AvgIpc) is 2.72. The lowest BCUT2D eigenvalue weighted by Crippen LogP contribution is -2.08. The molecular formula is C11H12ClF3N4. The van der Waals surface area contributed by atoms with Gasteiger partial charge in [-0.2, -0.15) is 13.2 Å². The van der Waals surface area contributed by atoms with Crippen molar-refractivity contribution in [2.75, 3.05) is 6.54 Å². The molecule has 0 unspecified atom stereocenters. The number of alkyl halides is 3. The number of nitrogens with zero attached hydrogens (tertiary/aromatic N) is 3. The van der Waals surface area contributed by atoms with E-state index in [4.69, 9.17) is 17.3 Å². The van der Waals surface area contributed by atoms with Crippen molar-refractivity contribution in [3.05, 3.63) is 28.7 Å². The lowest BCUT2D eigenvalue weighted by atomic mass is 10.2. The third kappa shape index (κ3) is 2.98. The van der Waals surface area contributed by atoms with Crippen LogP contribution in [0.5, 0.6) is 0 Å². The summed E-state index contributed by atoms with van der Waals surface area (Å²) in [6.45, 7) is 0.533. The molecule has 2 aromatic heterocycles. The van der Waals surface area contributed by atoms with Gasteiger partial charge in [-0.15, -0.1) is 10.2 Å². The number of halogens is 4. The monoisotopic (exact) mass is 292 g/mol. The van der Waals surface area contributed by atoms with E-state index in [1.165, 1.54) is 4.40 Å². The zero-order valence-corrected chi connectivity index (χ0v) is 10.7. The molecule has 0 saturated carbocycles. The molecule has 0 aliphatic carbocycles. The fourth-order valence-electron chi connectivity index (χ4n) is 1.75. The second kappa shape index (κ2) is 5.34. The van der Waals surface area contributed by atoms with Crippen molar-refractivity contribution in [3.63, 3.8) is 0 Å². The van der Waals surface area contributed by atoms with Gasteiger partial charge in [0.25, 0.3) is 0 Å². The summed E-state index contributed by atoms with van der Waals surface area (Å²) in [4.78, 5) is 0. The second-order valence-corrected chi connectivity index (χ2v) is 4.54. The fraction of sp³-hybridized carbons (Fsp3) is 0.455. The molecule has 0 atom stereocenters. The lowest BCUT2D eigenvalue weighted by Gasteiger charge is -2.08. The Morgan fingerprint density at radius 1 is 1.26 bits per heavy atom. The summed E-state index contributed by atoms with van der Waals surface area (Å²) < 4.78 is 39.4. The molecule has 0 radical (unpaired) electrons. The number of aromatic nitrogens is 3. The molecule has 0 fully saturated rings. The summed E-state index contributed by atoms with van der Waals surface area (Å²) in [5, 5.41) is 7.61. The summed E-state index contributed by atoms with van der Waals surface area (Å²) in [5.41, 5.74) is 4.79. The minimum Gasteiger partial charge on any atom is -0.330 e. The van der Waals surface area contributed by atoms with Crippen molar-refractivity contribution < 1.29 is 13.2 Å². The van der Waals surface area contributed by atoms with E-state index in [1.807, 2.05) is 0 Å². The van der Waals surface area contributed by atoms with E-state index in [2.05, 4.69) is 10.2 Å². The van der Waals surface area contributed by atoms with Crippen molar-refractivity contribution in [3.8, 4) is 0 Å². The van der Waals surface area contributed by atoms with Crippen molar-refractivity contribution in [2.45, 2.75) is 25.4 Å². The summed E-state index contributed by atoms with van der Waals surface area (Å²) in [5.74, 6) is 0.455. The molecule has 0 aromatic carbocycles. The van der Waals surface area contributed by atoms with E-state index < -0.39 is 11.7 Å². The van der Waals surface area contributed by atoms with Crippen molar-refractivity contribution in [1.29, 1.82) is 0 Å². The van der Waals surface area contributed by atoms with Crippen LogP contribution >= 0.6 is 11.6 Å². The van der Waals surface area contributed by atoms with Crippen LogP contribution < -0.4 is 5.73 Å². The Labute approximate surface area is 112 Å². The van der Waals surface area contributed by atoms with Crippen molar-refractivity contribution in [2.24, 2.45) is 5.73 Å². The number of rotatable bonds is 4. The summed E-state index contributed by atoms with van der Waals surface area (Å²) in [6.07, 6.45) is -1.45. The topological polar surface area (TPSA) is 56.2 Å². The number of nitrogens with two attached hydrogens (primary N) is 1. The highest BCUT2D eigenvalue weighted by molar-refractivity contribution is 6.33. The molecule has 2 heterocycles. The molecule has 2 N–H and O–H groups in total. The summed E-state index contributed by atoms with van der Waals surface area (Å²) in [6, 6.07) is 0.856. The molecule has 104 valence electrons. The van der Waals surface area contributed by atoms with Gasteiger partial charge in [0.05, 0.1) is 10.6 Å². The predicted molar refractivity (Wildman–Crippen MR) is 65.0 cm³/mol. The average molecular weight is 293 g/mol. The van der Waals surface area contributed by atoms with E-state index in [0.717, 1.165) is 25.1 Å². The molecular weight excluding hydrogens is 281 g/mol. The SMILES string of the molecule is NCCCCc1nnc2c(Cl)cc(C(F)(F)F)cn12. The van der Waals surface area contributed by atoms with Gasteiger partial charge in [-0.25, -0.2) is 0 Å². The van der Waals surface area contributed by atoms with E-state index in [0.29, 0.717) is 18.8 Å². The first-order valence-corrected chi connectivity index (χ1v) is 6.11. The number of hydrogen-bond donors (Lipinski definition) is 1. The molecule has 0 aliphatic heterocycles. The fourth-order valence-corrected chi connectivity index (χ4v) is 2.00. The minimum absolute atomic E-state index is 0.0626. The van der Waals surface area contributed by atoms with Gasteiger partial charge in [0.1, 0.15) is 5.82 Å². The van der Waals surface area contributed by atoms with Gasteiger partial charge in [-0.3, -0.25) is 4.40 Å². The molecule has 4 nitrogen and oxygen atoms in total. The van der Waals surface area contributed by atoms with Gasteiger partial charge in [0, 0.05) is 12.6 Å². The van der Waals surface area contributed by atoms with Crippen LogP contribution in [-0.4, -0.2) is 21.1 Å². The van der Waals surface area contributed by atoms with Gasteiger partial charge in [-0.1, -0.05) is 11.6 Å². The van der Waals surface area contributed by atoms with Crippen LogP contribution in [0.25, 0.3) is 5.65 Å². The van der Waals surface area contributed by atoms with Crippen molar-refractivity contribution in [1.82, 2.24) is 14.6 Å². The van der Waals surface area contributed by atoms with Gasteiger partial charge in [0.2, 0.25) is 0 Å². The Morgan fingerprint density at radius 2 is 2.00 bits per heavy atom. The maximum atomic E-state index is 12.7. The minimum atomic E-state index is -4.45. The van der Waals surface area contributed by atoms with Crippen LogP contribution in [0, 0.1) is 0 Å². The third-order valence-electron chi connectivity index (χ3n) is 2.71. The van der Waals surface area contributed by atoms with Gasteiger partial charge >= 0.3 is 6.18 Å². The number of unbranched alkanes of at least 4 members (excludes halogenated alkanes) is 1. The van der Waals surface area contributed by atoms with Gasteiger partial charge in [-0.05, 0) is 25.5 Å². The normalized spacial score (nSPS) is 12.3. The van der Waals surface area contributed by atoms with Gasteiger partial charge < -0.3 is 5.73 Å². The maximum absolute atomic E-state index is 12.7. The quantitative estimate of drug-likeness (QED) is 0.882. The second-order valence-electron chi connectivity index (χ2n) is 4.13.